The summed E-state index contributed by atoms with van der Waals surface area (Å²) in [5.74, 6) is 0.842. The molecule has 1 atom stereocenters. The highest BCUT2D eigenvalue weighted by atomic mass is 32.1. The summed E-state index contributed by atoms with van der Waals surface area (Å²) >= 11 is 1.75. The average Bonchev–Trinajstić information content (AvgIpc) is 2.71. The molecular weight excluding hydrogens is 190 g/mol. The van der Waals surface area contributed by atoms with Gasteiger partial charge in [0.05, 0.1) is 0 Å². The van der Waals surface area contributed by atoms with Crippen LogP contribution >= 0.6 is 11.3 Å². The predicted octanol–water partition coefficient (Wildman–Crippen LogP) is 4.38. The molecule has 0 radical (unpaired) electrons. The van der Waals surface area contributed by atoms with Crippen molar-refractivity contribution >= 4 is 17.0 Å². The summed E-state index contributed by atoms with van der Waals surface area (Å²) in [5, 5.41) is 7.79. The Bertz CT molecular complexity index is 218. The lowest BCUT2D eigenvalue weighted by molar-refractivity contribution is 0.473. The maximum absolute atomic E-state index is 3.49. The molecule has 0 unspecified atom stereocenters. The second kappa shape index (κ2) is 6.88. The number of nitrogens with one attached hydrogen (secondary N) is 1. The van der Waals surface area contributed by atoms with Gasteiger partial charge in [0.15, 0.2) is 0 Å². The van der Waals surface area contributed by atoms with Crippen molar-refractivity contribution in [3.63, 3.8) is 0 Å². The molecule has 14 heavy (non-hydrogen) atoms. The third kappa shape index (κ3) is 4.14. The van der Waals surface area contributed by atoms with Gasteiger partial charge in [0.25, 0.3) is 0 Å². The lowest BCUT2D eigenvalue weighted by Gasteiger charge is -2.15. The molecule has 0 saturated carbocycles. The van der Waals surface area contributed by atoms with Crippen LogP contribution in [0.1, 0.15) is 39.5 Å². The van der Waals surface area contributed by atoms with Crippen LogP contribution in [0.4, 0.5) is 5.69 Å². The third-order valence-electron chi connectivity index (χ3n) is 2.66. The van der Waals surface area contributed by atoms with Crippen LogP contribution < -0.4 is 5.32 Å². The third-order valence-corrected chi connectivity index (χ3v) is 3.34. The largest absolute Gasteiger partial charge is 0.384 e. The van der Waals surface area contributed by atoms with Gasteiger partial charge < -0.3 is 5.32 Å². The number of hydrogen-bond acceptors (Lipinski definition) is 2. The van der Waals surface area contributed by atoms with Gasteiger partial charge in [-0.2, -0.15) is 11.3 Å². The minimum atomic E-state index is 0.842. The van der Waals surface area contributed by atoms with Crippen molar-refractivity contribution in [2.24, 2.45) is 5.92 Å². The van der Waals surface area contributed by atoms with Gasteiger partial charge in [0.2, 0.25) is 0 Å². The average molecular weight is 211 g/mol. The van der Waals surface area contributed by atoms with Crippen molar-refractivity contribution in [2.45, 2.75) is 39.5 Å². The first-order valence-corrected chi connectivity index (χ1v) is 6.57. The Morgan fingerprint density at radius 3 is 2.86 bits per heavy atom. The van der Waals surface area contributed by atoms with Crippen molar-refractivity contribution < 1.29 is 0 Å². The maximum atomic E-state index is 3.49. The van der Waals surface area contributed by atoms with E-state index in [9.17, 15) is 0 Å². The van der Waals surface area contributed by atoms with Gasteiger partial charge in [-0.25, -0.2) is 0 Å². The Hall–Kier alpha value is -0.500. The smallest absolute Gasteiger partial charge is 0.0448 e. The summed E-state index contributed by atoms with van der Waals surface area (Å²) in [6, 6.07) is 2.15. The first-order chi connectivity index (χ1) is 6.86. The van der Waals surface area contributed by atoms with Crippen LogP contribution in [0.2, 0.25) is 0 Å². The number of thiophene rings is 1. The van der Waals surface area contributed by atoms with E-state index in [2.05, 4.69) is 36.0 Å². The van der Waals surface area contributed by atoms with Gasteiger partial charge in [0, 0.05) is 17.6 Å². The monoisotopic (exact) mass is 211 g/mol. The van der Waals surface area contributed by atoms with Gasteiger partial charge in [-0.3, -0.25) is 0 Å². The highest BCUT2D eigenvalue weighted by Crippen LogP contribution is 2.16. The van der Waals surface area contributed by atoms with Crippen LogP contribution in [0.15, 0.2) is 16.8 Å². The van der Waals surface area contributed by atoms with E-state index in [0.717, 1.165) is 12.5 Å². The van der Waals surface area contributed by atoms with Gasteiger partial charge in [-0.15, -0.1) is 0 Å². The fourth-order valence-electron chi connectivity index (χ4n) is 1.57. The summed E-state index contributed by atoms with van der Waals surface area (Å²) in [4.78, 5) is 0. The van der Waals surface area contributed by atoms with Crippen LogP contribution in [0, 0.1) is 5.92 Å². The van der Waals surface area contributed by atoms with Crippen molar-refractivity contribution in [1.29, 1.82) is 0 Å². The summed E-state index contributed by atoms with van der Waals surface area (Å²) < 4.78 is 0. The Morgan fingerprint density at radius 1 is 1.43 bits per heavy atom. The number of unbranched alkanes of at least 4 members (excludes halogenated alkanes) is 1. The molecule has 1 aromatic heterocycles. The molecule has 0 fully saturated rings. The predicted molar refractivity (Wildman–Crippen MR) is 66.1 cm³/mol. The van der Waals surface area contributed by atoms with Crippen LogP contribution in [-0.2, 0) is 0 Å². The normalized spacial score (nSPS) is 12.7. The lowest BCUT2D eigenvalue weighted by atomic mass is 9.99. The molecule has 1 nitrogen and oxygen atoms in total. The molecule has 0 saturated heterocycles. The van der Waals surface area contributed by atoms with E-state index in [4.69, 9.17) is 0 Å². The summed E-state index contributed by atoms with van der Waals surface area (Å²) in [7, 11) is 0. The number of rotatable bonds is 7. The molecule has 0 amide bonds. The molecule has 1 aromatic rings. The number of hydrogen-bond donors (Lipinski definition) is 1. The fraction of sp³-hybridized carbons (Fsp3) is 0.667. The Balaban J connectivity index is 2.20. The zero-order chi connectivity index (χ0) is 10.2. The minimum Gasteiger partial charge on any atom is -0.384 e. The van der Waals surface area contributed by atoms with Gasteiger partial charge in [0.1, 0.15) is 0 Å². The first kappa shape index (κ1) is 11.6. The zero-order valence-electron chi connectivity index (χ0n) is 9.25. The van der Waals surface area contributed by atoms with Crippen molar-refractivity contribution in [3.05, 3.63) is 16.8 Å². The summed E-state index contributed by atoms with van der Waals surface area (Å²) in [5.41, 5.74) is 1.28. The fourth-order valence-corrected chi connectivity index (χ4v) is 2.18. The Kier molecular flexibility index (Phi) is 5.69. The molecule has 2 heteroatoms. The van der Waals surface area contributed by atoms with E-state index in [1.165, 1.54) is 31.4 Å². The second-order valence-corrected chi connectivity index (χ2v) is 4.59. The van der Waals surface area contributed by atoms with E-state index in [-0.39, 0.29) is 0 Å². The van der Waals surface area contributed by atoms with Gasteiger partial charge >= 0.3 is 0 Å². The van der Waals surface area contributed by atoms with E-state index < -0.39 is 0 Å². The SMILES string of the molecule is CCCC[C@H](CC)CNc1ccsc1. The molecular formula is C12H21NS. The molecule has 1 heterocycles. The van der Waals surface area contributed by atoms with Crippen LogP contribution in [0.5, 0.6) is 0 Å². The van der Waals surface area contributed by atoms with Crippen molar-refractivity contribution in [2.75, 3.05) is 11.9 Å². The highest BCUT2D eigenvalue weighted by molar-refractivity contribution is 7.08. The van der Waals surface area contributed by atoms with E-state index in [1.807, 2.05) is 0 Å². The lowest BCUT2D eigenvalue weighted by Crippen LogP contribution is -2.13. The van der Waals surface area contributed by atoms with Gasteiger partial charge in [-0.1, -0.05) is 33.1 Å². The summed E-state index contributed by atoms with van der Waals surface area (Å²) in [6.07, 6.45) is 5.33. The summed E-state index contributed by atoms with van der Waals surface area (Å²) in [6.45, 7) is 5.68. The molecule has 1 N–H and O–H groups in total. The van der Waals surface area contributed by atoms with E-state index in [1.54, 1.807) is 11.3 Å². The van der Waals surface area contributed by atoms with Crippen LogP contribution in [0.3, 0.4) is 0 Å². The zero-order valence-corrected chi connectivity index (χ0v) is 10.1. The van der Waals surface area contributed by atoms with E-state index >= 15 is 0 Å². The molecule has 80 valence electrons. The maximum Gasteiger partial charge on any atom is 0.0448 e. The molecule has 0 aliphatic rings. The topological polar surface area (TPSA) is 12.0 Å². The quantitative estimate of drug-likeness (QED) is 0.706. The highest BCUT2D eigenvalue weighted by Gasteiger charge is 2.04. The second-order valence-electron chi connectivity index (χ2n) is 3.81. The molecule has 0 aromatic carbocycles. The van der Waals surface area contributed by atoms with E-state index in [0.29, 0.717) is 0 Å². The molecule has 1 rings (SSSR count). The standard InChI is InChI=1S/C12H21NS/c1-3-5-6-11(4-2)9-13-12-7-8-14-10-12/h7-8,10-11,13H,3-6,9H2,1-2H3/t11-/m0/s1. The molecule has 0 aliphatic carbocycles. The Labute approximate surface area is 91.5 Å². The number of anilines is 1. The first-order valence-electron chi connectivity index (χ1n) is 5.62. The molecule has 0 aliphatic heterocycles. The van der Waals surface area contributed by atoms with Crippen molar-refractivity contribution in [1.82, 2.24) is 0 Å². The molecule has 0 spiro atoms. The molecule has 0 bridgehead atoms. The Morgan fingerprint density at radius 2 is 2.29 bits per heavy atom. The van der Waals surface area contributed by atoms with Gasteiger partial charge in [-0.05, 0) is 23.8 Å². The van der Waals surface area contributed by atoms with Crippen LogP contribution in [0.25, 0.3) is 0 Å². The van der Waals surface area contributed by atoms with Crippen LogP contribution in [-0.4, -0.2) is 6.54 Å². The minimum absolute atomic E-state index is 0.842. The van der Waals surface area contributed by atoms with Crippen molar-refractivity contribution in [3.8, 4) is 0 Å².